The van der Waals surface area contributed by atoms with E-state index in [0.29, 0.717) is 11.3 Å². The molecule has 21 heavy (non-hydrogen) atoms. The Morgan fingerprint density at radius 3 is 2.67 bits per heavy atom. The van der Waals surface area contributed by atoms with Gasteiger partial charge in [0.2, 0.25) is 0 Å². The lowest BCUT2D eigenvalue weighted by Gasteiger charge is -2.07. The van der Waals surface area contributed by atoms with E-state index in [4.69, 9.17) is 5.26 Å². The van der Waals surface area contributed by atoms with Crippen molar-refractivity contribution in [3.63, 3.8) is 0 Å². The van der Waals surface area contributed by atoms with E-state index >= 15 is 0 Å². The number of hydrogen-bond donors (Lipinski definition) is 2. The number of aryl methyl sites for hydroxylation is 1. The van der Waals surface area contributed by atoms with Crippen molar-refractivity contribution in [3.8, 4) is 11.8 Å². The molecule has 2 aromatic rings. The highest BCUT2D eigenvalue weighted by Crippen LogP contribution is 2.17. The Balaban J connectivity index is 2.24. The Morgan fingerprint density at radius 1 is 1.24 bits per heavy atom. The van der Waals surface area contributed by atoms with E-state index in [0.717, 1.165) is 5.56 Å². The molecular formula is C17H14N2O2. The molecule has 0 heterocycles. The highest BCUT2D eigenvalue weighted by Gasteiger charge is 2.10. The number of aromatic hydroxyl groups is 1. The van der Waals surface area contributed by atoms with Crippen LogP contribution in [0, 0.1) is 18.3 Å². The summed E-state index contributed by atoms with van der Waals surface area (Å²) in [5, 5.41) is 21.2. The van der Waals surface area contributed by atoms with E-state index in [1.807, 2.05) is 31.2 Å². The molecule has 4 heteroatoms. The summed E-state index contributed by atoms with van der Waals surface area (Å²) in [5.74, 6) is -0.393. The molecule has 0 saturated heterocycles. The number of carbonyl (C=O) groups is 1. The molecule has 0 bridgehead atoms. The first-order valence-electron chi connectivity index (χ1n) is 6.38. The largest absolute Gasteiger partial charge is 0.508 e. The van der Waals surface area contributed by atoms with E-state index in [9.17, 15) is 9.90 Å². The molecule has 0 atom stereocenters. The van der Waals surface area contributed by atoms with Crippen molar-refractivity contribution >= 4 is 17.7 Å². The van der Waals surface area contributed by atoms with Crippen LogP contribution < -0.4 is 5.32 Å². The van der Waals surface area contributed by atoms with Crippen LogP contribution >= 0.6 is 0 Å². The van der Waals surface area contributed by atoms with Gasteiger partial charge in [0.1, 0.15) is 17.4 Å². The summed E-state index contributed by atoms with van der Waals surface area (Å²) < 4.78 is 0. The molecule has 0 saturated carbocycles. The highest BCUT2D eigenvalue weighted by atomic mass is 16.3. The average molecular weight is 278 g/mol. The smallest absolute Gasteiger partial charge is 0.266 e. The molecule has 0 aromatic heterocycles. The van der Waals surface area contributed by atoms with Crippen LogP contribution in [0.1, 0.15) is 11.1 Å². The number of hydrogen-bond acceptors (Lipinski definition) is 3. The third kappa shape index (κ3) is 3.71. The maximum Gasteiger partial charge on any atom is 0.266 e. The van der Waals surface area contributed by atoms with Gasteiger partial charge in [0, 0.05) is 5.69 Å². The molecule has 2 N–H and O–H groups in total. The molecule has 0 aliphatic carbocycles. The zero-order valence-electron chi connectivity index (χ0n) is 11.5. The van der Waals surface area contributed by atoms with Gasteiger partial charge < -0.3 is 10.4 Å². The minimum absolute atomic E-state index is 0.0242. The number of phenols is 1. The molecule has 0 aliphatic rings. The quantitative estimate of drug-likeness (QED) is 0.668. The second-order valence-electron chi connectivity index (χ2n) is 4.53. The molecule has 0 aliphatic heterocycles. The van der Waals surface area contributed by atoms with E-state index in [-0.39, 0.29) is 11.3 Å². The van der Waals surface area contributed by atoms with Crippen LogP contribution in [0.2, 0.25) is 0 Å². The molecule has 1 amide bonds. The van der Waals surface area contributed by atoms with E-state index in [1.54, 1.807) is 18.2 Å². The van der Waals surface area contributed by atoms with Crippen LogP contribution in [-0.2, 0) is 4.79 Å². The number of amides is 1. The fourth-order valence-corrected chi connectivity index (χ4v) is 1.83. The topological polar surface area (TPSA) is 73.1 Å². The number of para-hydroxylation sites is 1. The summed E-state index contributed by atoms with van der Waals surface area (Å²) in [4.78, 5) is 12.1. The number of phenolic OH excluding ortho intramolecular Hbond substituents is 1. The van der Waals surface area contributed by atoms with Crippen LogP contribution in [-0.4, -0.2) is 11.0 Å². The van der Waals surface area contributed by atoms with Crippen molar-refractivity contribution in [1.82, 2.24) is 0 Å². The zero-order valence-corrected chi connectivity index (χ0v) is 11.5. The predicted molar refractivity (Wildman–Crippen MR) is 81.5 cm³/mol. The summed E-state index contributed by atoms with van der Waals surface area (Å²) in [6, 6.07) is 15.6. The lowest BCUT2D eigenvalue weighted by Crippen LogP contribution is -2.14. The molecular weight excluding hydrogens is 264 g/mol. The van der Waals surface area contributed by atoms with Crippen molar-refractivity contribution in [2.75, 3.05) is 5.32 Å². The number of nitriles is 1. The third-order valence-corrected chi connectivity index (χ3v) is 2.94. The van der Waals surface area contributed by atoms with Gasteiger partial charge in [-0.25, -0.2) is 0 Å². The van der Waals surface area contributed by atoms with Gasteiger partial charge >= 0.3 is 0 Å². The van der Waals surface area contributed by atoms with Crippen LogP contribution in [0.15, 0.2) is 54.1 Å². The van der Waals surface area contributed by atoms with Crippen molar-refractivity contribution < 1.29 is 9.90 Å². The fourth-order valence-electron chi connectivity index (χ4n) is 1.83. The summed E-state index contributed by atoms with van der Waals surface area (Å²) >= 11 is 0. The van der Waals surface area contributed by atoms with Gasteiger partial charge in [-0.2, -0.15) is 5.26 Å². The van der Waals surface area contributed by atoms with Crippen molar-refractivity contribution in [3.05, 3.63) is 65.2 Å². The molecule has 4 nitrogen and oxygen atoms in total. The first kappa shape index (κ1) is 14.4. The Labute approximate surface area is 123 Å². The SMILES string of the molecule is Cc1ccccc1NC(=O)C(C#N)=Cc1cccc(O)c1. The lowest BCUT2D eigenvalue weighted by atomic mass is 10.1. The Bertz CT molecular complexity index is 742. The van der Waals surface area contributed by atoms with E-state index < -0.39 is 5.91 Å². The molecule has 2 aromatic carbocycles. The van der Waals surface area contributed by atoms with Crippen LogP contribution in [0.5, 0.6) is 5.75 Å². The minimum Gasteiger partial charge on any atom is -0.508 e. The van der Waals surface area contributed by atoms with Crippen molar-refractivity contribution in [2.24, 2.45) is 0 Å². The minimum atomic E-state index is -0.477. The average Bonchev–Trinajstić information content (AvgIpc) is 2.47. The predicted octanol–water partition coefficient (Wildman–Crippen LogP) is 3.25. The number of carbonyl (C=O) groups excluding carboxylic acids is 1. The Kier molecular flexibility index (Phi) is 4.37. The summed E-state index contributed by atoms with van der Waals surface area (Å²) in [6.07, 6.45) is 1.44. The summed E-state index contributed by atoms with van der Waals surface area (Å²) in [6.45, 7) is 1.88. The van der Waals surface area contributed by atoms with E-state index in [1.165, 1.54) is 18.2 Å². The van der Waals surface area contributed by atoms with Gasteiger partial charge in [-0.15, -0.1) is 0 Å². The van der Waals surface area contributed by atoms with Crippen LogP contribution in [0.3, 0.4) is 0 Å². The van der Waals surface area contributed by atoms with Gasteiger partial charge in [0.05, 0.1) is 0 Å². The second kappa shape index (κ2) is 6.40. The third-order valence-electron chi connectivity index (χ3n) is 2.94. The number of anilines is 1. The molecule has 104 valence electrons. The first-order valence-corrected chi connectivity index (χ1v) is 6.38. The first-order chi connectivity index (χ1) is 10.1. The maximum absolute atomic E-state index is 12.1. The number of nitrogens with one attached hydrogen (secondary N) is 1. The van der Waals surface area contributed by atoms with E-state index in [2.05, 4.69) is 5.32 Å². The highest BCUT2D eigenvalue weighted by molar-refractivity contribution is 6.09. The number of rotatable bonds is 3. The molecule has 2 rings (SSSR count). The normalized spacial score (nSPS) is 10.8. The zero-order chi connectivity index (χ0) is 15.2. The molecule has 0 radical (unpaired) electrons. The molecule has 0 spiro atoms. The van der Waals surface area contributed by atoms with Crippen LogP contribution in [0.4, 0.5) is 5.69 Å². The summed E-state index contributed by atoms with van der Waals surface area (Å²) in [7, 11) is 0. The van der Waals surface area contributed by atoms with Gasteiger partial charge in [0.25, 0.3) is 5.91 Å². The monoisotopic (exact) mass is 278 g/mol. The lowest BCUT2D eigenvalue weighted by molar-refractivity contribution is -0.112. The number of nitrogens with zero attached hydrogens (tertiary/aromatic N) is 1. The van der Waals surface area contributed by atoms with Gasteiger partial charge in [-0.3, -0.25) is 4.79 Å². The van der Waals surface area contributed by atoms with Crippen LogP contribution in [0.25, 0.3) is 6.08 Å². The maximum atomic E-state index is 12.1. The van der Waals surface area contributed by atoms with Gasteiger partial charge in [-0.05, 0) is 42.3 Å². The fraction of sp³-hybridized carbons (Fsp3) is 0.0588. The number of benzene rings is 2. The van der Waals surface area contributed by atoms with Gasteiger partial charge in [0.15, 0.2) is 0 Å². The Hall–Kier alpha value is -3.06. The molecule has 0 unspecified atom stereocenters. The standard InChI is InChI=1S/C17H14N2O2/c1-12-5-2-3-8-16(12)19-17(21)14(11-18)9-13-6-4-7-15(20)10-13/h2-10,20H,1H3,(H,19,21). The molecule has 0 fully saturated rings. The van der Waals surface area contributed by atoms with Gasteiger partial charge in [-0.1, -0.05) is 30.3 Å². The van der Waals surface area contributed by atoms with Crippen molar-refractivity contribution in [1.29, 1.82) is 5.26 Å². The Morgan fingerprint density at radius 2 is 2.00 bits per heavy atom. The van der Waals surface area contributed by atoms with Crippen molar-refractivity contribution in [2.45, 2.75) is 6.92 Å². The summed E-state index contributed by atoms with van der Waals surface area (Å²) in [5.41, 5.74) is 2.15. The second-order valence-corrected chi connectivity index (χ2v) is 4.53.